The van der Waals surface area contributed by atoms with Crippen molar-refractivity contribution < 1.29 is 13.9 Å². The van der Waals surface area contributed by atoms with Gasteiger partial charge in [0.05, 0.1) is 0 Å². The van der Waals surface area contributed by atoms with Gasteiger partial charge in [0.15, 0.2) is 11.5 Å². The molecular weight excluding hydrogens is 245 g/mol. The van der Waals surface area contributed by atoms with Gasteiger partial charge in [-0.2, -0.15) is 0 Å². The molecular formula is C15H14FNO2. The highest BCUT2D eigenvalue weighted by atomic mass is 19.1. The smallest absolute Gasteiger partial charge is 0.163 e. The van der Waals surface area contributed by atoms with Gasteiger partial charge in [-0.15, -0.1) is 0 Å². The minimum Gasteiger partial charge on any atom is -0.486 e. The average Bonchev–Trinajstić information content (AvgIpc) is 2.46. The van der Waals surface area contributed by atoms with E-state index in [1.54, 1.807) is 12.1 Å². The van der Waals surface area contributed by atoms with E-state index in [4.69, 9.17) is 9.47 Å². The molecule has 0 aromatic heterocycles. The molecule has 1 N–H and O–H groups in total. The van der Waals surface area contributed by atoms with Gasteiger partial charge in [-0.3, -0.25) is 0 Å². The first kappa shape index (κ1) is 11.8. The highest BCUT2D eigenvalue weighted by Gasteiger charge is 2.11. The van der Waals surface area contributed by atoms with E-state index in [-0.39, 0.29) is 5.82 Å². The van der Waals surface area contributed by atoms with E-state index < -0.39 is 0 Å². The molecule has 2 aromatic carbocycles. The molecule has 19 heavy (non-hydrogen) atoms. The Kier molecular flexibility index (Phi) is 3.23. The number of hydrogen-bond acceptors (Lipinski definition) is 3. The van der Waals surface area contributed by atoms with Crippen molar-refractivity contribution in [1.29, 1.82) is 0 Å². The van der Waals surface area contributed by atoms with E-state index in [2.05, 4.69) is 5.32 Å². The lowest BCUT2D eigenvalue weighted by Crippen LogP contribution is -2.15. The van der Waals surface area contributed by atoms with Crippen LogP contribution in [0.15, 0.2) is 42.5 Å². The zero-order valence-electron chi connectivity index (χ0n) is 10.4. The van der Waals surface area contributed by atoms with Crippen molar-refractivity contribution in [3.8, 4) is 11.5 Å². The predicted octanol–water partition coefficient (Wildman–Crippen LogP) is 3.21. The zero-order valence-corrected chi connectivity index (χ0v) is 10.4. The molecule has 0 amide bonds. The third-order valence-electron chi connectivity index (χ3n) is 2.98. The van der Waals surface area contributed by atoms with E-state index in [0.29, 0.717) is 25.3 Å². The average molecular weight is 259 g/mol. The minimum absolute atomic E-state index is 0.201. The maximum atomic E-state index is 13.5. The molecule has 3 nitrogen and oxygen atoms in total. The van der Waals surface area contributed by atoms with Crippen LogP contribution in [0, 0.1) is 5.82 Å². The first-order valence-electron chi connectivity index (χ1n) is 6.20. The Hall–Kier alpha value is -2.23. The number of rotatable bonds is 3. The summed E-state index contributed by atoms with van der Waals surface area (Å²) in [6, 6.07) is 12.4. The van der Waals surface area contributed by atoms with Crippen LogP contribution in [0.5, 0.6) is 11.5 Å². The molecule has 0 bridgehead atoms. The van der Waals surface area contributed by atoms with Gasteiger partial charge >= 0.3 is 0 Å². The zero-order chi connectivity index (χ0) is 13.1. The largest absolute Gasteiger partial charge is 0.486 e. The maximum absolute atomic E-state index is 13.5. The molecule has 4 heteroatoms. The van der Waals surface area contributed by atoms with Crippen molar-refractivity contribution in [3.63, 3.8) is 0 Å². The molecule has 1 heterocycles. The fraction of sp³-hybridized carbons (Fsp3) is 0.200. The van der Waals surface area contributed by atoms with Gasteiger partial charge in [-0.25, -0.2) is 4.39 Å². The first-order chi connectivity index (χ1) is 9.33. The topological polar surface area (TPSA) is 30.5 Å². The summed E-state index contributed by atoms with van der Waals surface area (Å²) in [4.78, 5) is 0. The van der Waals surface area contributed by atoms with Gasteiger partial charge in [0.25, 0.3) is 0 Å². The standard InChI is InChI=1S/C15H14FNO2/c16-13-4-2-1-3-11(13)10-17-12-5-6-14-15(9-12)19-8-7-18-14/h1-6,9,17H,7-8,10H2. The van der Waals surface area contributed by atoms with Crippen LogP contribution < -0.4 is 14.8 Å². The van der Waals surface area contributed by atoms with Crippen LogP contribution in [0.4, 0.5) is 10.1 Å². The van der Waals surface area contributed by atoms with Gasteiger partial charge in [0.2, 0.25) is 0 Å². The van der Waals surface area contributed by atoms with Crippen LogP contribution in [0.2, 0.25) is 0 Å². The third kappa shape index (κ3) is 2.62. The molecule has 0 saturated heterocycles. The summed E-state index contributed by atoms with van der Waals surface area (Å²) in [6.45, 7) is 1.57. The Morgan fingerprint density at radius 1 is 1.00 bits per heavy atom. The normalized spacial score (nSPS) is 13.1. The van der Waals surface area contributed by atoms with Crippen LogP contribution in [0.25, 0.3) is 0 Å². The molecule has 0 fully saturated rings. The number of benzene rings is 2. The molecule has 0 unspecified atom stereocenters. The number of nitrogens with one attached hydrogen (secondary N) is 1. The fourth-order valence-electron chi connectivity index (χ4n) is 1.99. The lowest BCUT2D eigenvalue weighted by atomic mass is 10.2. The lowest BCUT2D eigenvalue weighted by molar-refractivity contribution is 0.171. The Morgan fingerprint density at radius 3 is 2.63 bits per heavy atom. The van der Waals surface area contributed by atoms with Gasteiger partial charge in [-0.05, 0) is 18.2 Å². The summed E-state index contributed by atoms with van der Waals surface area (Å²) in [7, 11) is 0. The van der Waals surface area contributed by atoms with Crippen LogP contribution >= 0.6 is 0 Å². The van der Waals surface area contributed by atoms with Crippen molar-refractivity contribution in [2.45, 2.75) is 6.54 Å². The molecule has 98 valence electrons. The molecule has 0 radical (unpaired) electrons. The summed E-state index contributed by atoms with van der Waals surface area (Å²) in [5.41, 5.74) is 1.52. The Bertz CT molecular complexity index is 586. The number of anilines is 1. The first-order valence-corrected chi connectivity index (χ1v) is 6.20. The highest BCUT2D eigenvalue weighted by molar-refractivity contribution is 5.55. The second-order valence-electron chi connectivity index (χ2n) is 4.30. The molecule has 0 aliphatic carbocycles. The number of halogens is 1. The van der Waals surface area contributed by atoms with Gasteiger partial charge in [-0.1, -0.05) is 18.2 Å². The lowest BCUT2D eigenvalue weighted by Gasteiger charge is -2.19. The predicted molar refractivity (Wildman–Crippen MR) is 71.2 cm³/mol. The summed E-state index contributed by atoms with van der Waals surface area (Å²) in [6.07, 6.45) is 0. The van der Waals surface area contributed by atoms with Crippen LogP contribution in [-0.4, -0.2) is 13.2 Å². The molecule has 0 saturated carbocycles. The van der Waals surface area contributed by atoms with E-state index in [0.717, 1.165) is 17.2 Å². The molecule has 3 rings (SSSR count). The summed E-state index contributed by atoms with van der Waals surface area (Å²) >= 11 is 0. The van der Waals surface area contributed by atoms with Crippen molar-refractivity contribution in [3.05, 3.63) is 53.8 Å². The Balaban J connectivity index is 1.72. The van der Waals surface area contributed by atoms with E-state index in [1.165, 1.54) is 6.07 Å². The summed E-state index contributed by atoms with van der Waals surface area (Å²) in [5, 5.41) is 3.18. The van der Waals surface area contributed by atoms with E-state index in [9.17, 15) is 4.39 Å². The molecule has 1 aliphatic rings. The fourth-order valence-corrected chi connectivity index (χ4v) is 1.99. The van der Waals surface area contributed by atoms with Crippen molar-refractivity contribution in [1.82, 2.24) is 0 Å². The van der Waals surface area contributed by atoms with E-state index >= 15 is 0 Å². The second-order valence-corrected chi connectivity index (χ2v) is 4.30. The number of hydrogen-bond donors (Lipinski definition) is 1. The van der Waals surface area contributed by atoms with Gasteiger partial charge in [0.1, 0.15) is 19.0 Å². The molecule has 2 aromatic rings. The summed E-state index contributed by atoms with van der Waals surface area (Å²) in [5.74, 6) is 1.28. The quantitative estimate of drug-likeness (QED) is 0.918. The second kappa shape index (κ2) is 5.18. The minimum atomic E-state index is -0.201. The SMILES string of the molecule is Fc1ccccc1CNc1ccc2c(c1)OCCO2. The maximum Gasteiger partial charge on any atom is 0.163 e. The van der Waals surface area contributed by atoms with Crippen molar-refractivity contribution in [2.24, 2.45) is 0 Å². The van der Waals surface area contributed by atoms with Gasteiger partial charge in [0, 0.05) is 23.9 Å². The van der Waals surface area contributed by atoms with Crippen molar-refractivity contribution in [2.75, 3.05) is 18.5 Å². The van der Waals surface area contributed by atoms with E-state index in [1.807, 2.05) is 24.3 Å². The number of fused-ring (bicyclic) bond motifs is 1. The molecule has 0 atom stereocenters. The highest BCUT2D eigenvalue weighted by Crippen LogP contribution is 2.32. The van der Waals surface area contributed by atoms with Crippen LogP contribution in [0.1, 0.15) is 5.56 Å². The summed E-state index contributed by atoms with van der Waals surface area (Å²) < 4.78 is 24.4. The molecule has 1 aliphatic heterocycles. The Labute approximate surface area is 111 Å². The van der Waals surface area contributed by atoms with Gasteiger partial charge < -0.3 is 14.8 Å². The van der Waals surface area contributed by atoms with Crippen LogP contribution in [-0.2, 0) is 6.54 Å². The Morgan fingerprint density at radius 2 is 1.79 bits per heavy atom. The third-order valence-corrected chi connectivity index (χ3v) is 2.98. The van der Waals surface area contributed by atoms with Crippen LogP contribution in [0.3, 0.4) is 0 Å². The molecule has 0 spiro atoms. The van der Waals surface area contributed by atoms with Crippen molar-refractivity contribution >= 4 is 5.69 Å². The monoisotopic (exact) mass is 259 g/mol. The number of ether oxygens (including phenoxy) is 2.